The van der Waals surface area contributed by atoms with E-state index >= 15 is 0 Å². The van der Waals surface area contributed by atoms with Crippen LogP contribution in [-0.4, -0.2) is 61.5 Å². The maximum atomic E-state index is 11.6. The summed E-state index contributed by atoms with van der Waals surface area (Å²) in [5, 5.41) is 0. The van der Waals surface area contributed by atoms with E-state index in [1.807, 2.05) is 18.2 Å². The number of hydrogen-bond donors (Lipinski definition) is 0. The van der Waals surface area contributed by atoms with Gasteiger partial charge in [-0.3, -0.25) is 0 Å². The Morgan fingerprint density at radius 3 is 2.16 bits per heavy atom. The zero-order valence-corrected chi connectivity index (χ0v) is 11.4. The van der Waals surface area contributed by atoms with Gasteiger partial charge in [0.25, 0.3) is 0 Å². The summed E-state index contributed by atoms with van der Waals surface area (Å²) < 4.78 is 5.22. The number of carbonyl (C=O) groups excluding carboxylic acids is 1. The molecule has 0 spiro atoms. The van der Waals surface area contributed by atoms with Crippen molar-refractivity contribution in [2.75, 3.05) is 6.61 Å². The van der Waals surface area contributed by atoms with E-state index in [0.29, 0.717) is 12.2 Å². The van der Waals surface area contributed by atoms with Crippen molar-refractivity contribution in [2.45, 2.75) is 51.9 Å². The number of carbonyl (C=O) groups is 1. The molecule has 104 valence electrons. The summed E-state index contributed by atoms with van der Waals surface area (Å²) in [4.78, 5) is 11.6. The zero-order chi connectivity index (χ0) is 13.1. The van der Waals surface area contributed by atoms with Gasteiger partial charge in [0.1, 0.15) is 0 Å². The summed E-state index contributed by atoms with van der Waals surface area (Å²) >= 11 is 0. The van der Waals surface area contributed by atoms with Crippen molar-refractivity contribution >= 4 is 54.9 Å². The van der Waals surface area contributed by atoms with Crippen LogP contribution in [0.15, 0.2) is 30.3 Å². The van der Waals surface area contributed by atoms with Gasteiger partial charge in [-0.25, -0.2) is 4.79 Å². The van der Waals surface area contributed by atoms with Gasteiger partial charge in [0.05, 0.1) is 12.2 Å². The van der Waals surface area contributed by atoms with Crippen LogP contribution in [0.1, 0.15) is 62.2 Å². The molecule has 0 atom stereocenters. The van der Waals surface area contributed by atoms with E-state index in [1.54, 1.807) is 12.1 Å². The molecule has 1 aromatic rings. The molecule has 0 unspecified atom stereocenters. The quantitative estimate of drug-likeness (QED) is 0.367. The van der Waals surface area contributed by atoms with E-state index < -0.39 is 0 Å². The fourth-order valence-corrected chi connectivity index (χ4v) is 1.88. The average Bonchev–Trinajstić information content (AvgIpc) is 2.42. The predicted molar refractivity (Wildman–Crippen MR) is 83.3 cm³/mol. The Bertz CT molecular complexity index is 325. The molecular formula is C16H26BaO2. The Balaban J connectivity index is 0.00000324. The molecule has 1 aromatic carbocycles. The first kappa shape index (κ1) is 19.3. The minimum atomic E-state index is -0.207. The number of benzene rings is 1. The van der Waals surface area contributed by atoms with Crippen LogP contribution >= 0.6 is 0 Å². The average molecular weight is 388 g/mol. The van der Waals surface area contributed by atoms with Crippen molar-refractivity contribution < 1.29 is 9.53 Å². The Morgan fingerprint density at radius 2 is 1.53 bits per heavy atom. The summed E-state index contributed by atoms with van der Waals surface area (Å²) in [5.41, 5.74) is 0.639. The van der Waals surface area contributed by atoms with Crippen molar-refractivity contribution in [3.8, 4) is 0 Å². The standard InChI is InChI=1S/C16H24O2.Ba.2H/c1-2-3-4-5-6-7-11-14-18-16(17)15-12-9-8-10-13-15;;;/h8-10,12-13H,2-7,11,14H2,1H3;;;. The summed E-state index contributed by atoms with van der Waals surface area (Å²) in [6, 6.07) is 9.17. The first-order valence-electron chi connectivity index (χ1n) is 7.06. The molecule has 0 bridgehead atoms. The molecule has 2 nitrogen and oxygen atoms in total. The SMILES string of the molecule is CCCCCCCCCOC(=O)c1ccccc1.[BaH2]. The first-order valence-corrected chi connectivity index (χ1v) is 7.06. The van der Waals surface area contributed by atoms with Gasteiger partial charge in [0, 0.05) is 0 Å². The topological polar surface area (TPSA) is 26.3 Å². The predicted octanol–water partition coefficient (Wildman–Crippen LogP) is 3.68. The molecule has 0 aliphatic carbocycles. The zero-order valence-electron chi connectivity index (χ0n) is 11.4. The van der Waals surface area contributed by atoms with Gasteiger partial charge in [0.2, 0.25) is 0 Å². The van der Waals surface area contributed by atoms with Crippen LogP contribution in [0.25, 0.3) is 0 Å². The van der Waals surface area contributed by atoms with Crippen LogP contribution in [0.2, 0.25) is 0 Å². The van der Waals surface area contributed by atoms with Gasteiger partial charge in [0.15, 0.2) is 0 Å². The third-order valence-electron chi connectivity index (χ3n) is 2.99. The third kappa shape index (κ3) is 9.74. The number of hydrogen-bond acceptors (Lipinski definition) is 2. The fraction of sp³-hybridized carbons (Fsp3) is 0.562. The van der Waals surface area contributed by atoms with Crippen molar-refractivity contribution in [3.05, 3.63) is 35.9 Å². The summed E-state index contributed by atoms with van der Waals surface area (Å²) in [6.07, 6.45) is 8.65. The fourth-order valence-electron chi connectivity index (χ4n) is 1.88. The molecule has 3 heteroatoms. The second-order valence-electron chi connectivity index (χ2n) is 4.62. The number of ether oxygens (including phenoxy) is 1. The van der Waals surface area contributed by atoms with Crippen LogP contribution in [0.5, 0.6) is 0 Å². The van der Waals surface area contributed by atoms with Crippen LogP contribution in [0.3, 0.4) is 0 Å². The molecule has 0 heterocycles. The Kier molecular flexibility index (Phi) is 13.4. The van der Waals surface area contributed by atoms with Crippen LogP contribution in [0, 0.1) is 0 Å². The second kappa shape index (κ2) is 13.3. The number of rotatable bonds is 9. The molecule has 0 saturated carbocycles. The van der Waals surface area contributed by atoms with Crippen molar-refractivity contribution in [1.82, 2.24) is 0 Å². The summed E-state index contributed by atoms with van der Waals surface area (Å²) in [6.45, 7) is 2.77. The molecule has 1 rings (SSSR count). The van der Waals surface area contributed by atoms with Crippen LogP contribution < -0.4 is 0 Å². The molecule has 0 aromatic heterocycles. The first-order chi connectivity index (χ1) is 8.84. The molecule has 0 aliphatic rings. The Hall–Kier alpha value is 0.261. The van der Waals surface area contributed by atoms with Crippen LogP contribution in [0.4, 0.5) is 0 Å². The Labute approximate surface area is 157 Å². The number of unbranched alkanes of at least 4 members (excludes halogenated alkanes) is 6. The van der Waals surface area contributed by atoms with E-state index in [-0.39, 0.29) is 54.9 Å². The molecule has 0 N–H and O–H groups in total. The molecule has 0 saturated heterocycles. The second-order valence-corrected chi connectivity index (χ2v) is 4.62. The molecule has 0 aliphatic heterocycles. The molecule has 0 radical (unpaired) electrons. The van der Waals surface area contributed by atoms with Crippen molar-refractivity contribution in [2.24, 2.45) is 0 Å². The van der Waals surface area contributed by atoms with E-state index in [2.05, 4.69) is 6.92 Å². The van der Waals surface area contributed by atoms with E-state index in [0.717, 1.165) is 12.8 Å². The van der Waals surface area contributed by atoms with Gasteiger partial charge in [-0.05, 0) is 18.6 Å². The van der Waals surface area contributed by atoms with Gasteiger partial charge in [-0.15, -0.1) is 0 Å². The molecular weight excluding hydrogens is 362 g/mol. The van der Waals surface area contributed by atoms with Crippen molar-refractivity contribution in [1.29, 1.82) is 0 Å². The summed E-state index contributed by atoms with van der Waals surface area (Å²) in [5.74, 6) is -0.207. The monoisotopic (exact) mass is 388 g/mol. The third-order valence-corrected chi connectivity index (χ3v) is 2.99. The molecule has 0 amide bonds. The van der Waals surface area contributed by atoms with Gasteiger partial charge in [-0.2, -0.15) is 0 Å². The van der Waals surface area contributed by atoms with E-state index in [4.69, 9.17) is 4.74 Å². The van der Waals surface area contributed by atoms with E-state index in [1.165, 1.54) is 32.1 Å². The molecule has 0 fully saturated rings. The molecule has 19 heavy (non-hydrogen) atoms. The summed E-state index contributed by atoms with van der Waals surface area (Å²) in [7, 11) is 0. The van der Waals surface area contributed by atoms with Crippen molar-refractivity contribution in [3.63, 3.8) is 0 Å². The van der Waals surface area contributed by atoms with E-state index in [9.17, 15) is 4.79 Å². The van der Waals surface area contributed by atoms with Gasteiger partial charge < -0.3 is 4.74 Å². The van der Waals surface area contributed by atoms with Crippen LogP contribution in [-0.2, 0) is 4.74 Å². The van der Waals surface area contributed by atoms with Gasteiger partial charge >= 0.3 is 54.9 Å². The van der Waals surface area contributed by atoms with Gasteiger partial charge in [-0.1, -0.05) is 63.6 Å². The minimum absolute atomic E-state index is 0. The number of esters is 1. The normalized spacial score (nSPS) is 9.74. The Morgan fingerprint density at radius 1 is 0.947 bits per heavy atom. The maximum absolute atomic E-state index is 11.6.